The van der Waals surface area contributed by atoms with Gasteiger partial charge in [0, 0.05) is 11.5 Å². The summed E-state index contributed by atoms with van der Waals surface area (Å²) in [5, 5.41) is 13.2. The first-order valence-electron chi connectivity index (χ1n) is 7.00. The molecule has 0 aliphatic carbocycles. The fourth-order valence-corrected chi connectivity index (χ4v) is 2.31. The van der Waals surface area contributed by atoms with E-state index in [0.717, 1.165) is 10.8 Å². The van der Waals surface area contributed by atoms with Crippen molar-refractivity contribution in [3.05, 3.63) is 48.0 Å². The standard InChI is InChI=1S/C17H17N3O2/c1-11(10-18)9-15(16(19)21)20-17(22)14-8-4-6-12-5-2-3-7-13(12)14/h2-8,11,15H,9H2,1H3,(H2,19,21)(H,20,22)/t11-,15+/m0/s1. The minimum Gasteiger partial charge on any atom is -0.368 e. The third-order valence-electron chi connectivity index (χ3n) is 3.49. The average molecular weight is 295 g/mol. The predicted octanol–water partition coefficient (Wildman–Crippen LogP) is 1.97. The van der Waals surface area contributed by atoms with Gasteiger partial charge in [-0.15, -0.1) is 0 Å². The SMILES string of the molecule is C[C@H](C#N)C[C@@H](NC(=O)c1cccc2ccccc12)C(N)=O. The number of benzene rings is 2. The Balaban J connectivity index is 2.26. The van der Waals surface area contributed by atoms with Crippen LogP contribution < -0.4 is 11.1 Å². The molecular formula is C17H17N3O2. The number of nitriles is 1. The summed E-state index contributed by atoms with van der Waals surface area (Å²) >= 11 is 0. The van der Waals surface area contributed by atoms with E-state index >= 15 is 0 Å². The number of carbonyl (C=O) groups excluding carboxylic acids is 2. The summed E-state index contributed by atoms with van der Waals surface area (Å²) < 4.78 is 0. The van der Waals surface area contributed by atoms with Gasteiger partial charge in [0.25, 0.3) is 5.91 Å². The lowest BCUT2D eigenvalue weighted by Crippen LogP contribution is -2.45. The van der Waals surface area contributed by atoms with E-state index in [2.05, 4.69) is 5.32 Å². The van der Waals surface area contributed by atoms with E-state index in [1.165, 1.54) is 0 Å². The van der Waals surface area contributed by atoms with Crippen LogP contribution in [-0.4, -0.2) is 17.9 Å². The summed E-state index contributed by atoms with van der Waals surface area (Å²) in [6.45, 7) is 1.68. The molecule has 0 aromatic heterocycles. The highest BCUT2D eigenvalue weighted by Crippen LogP contribution is 2.18. The van der Waals surface area contributed by atoms with Crippen LogP contribution in [0.1, 0.15) is 23.7 Å². The van der Waals surface area contributed by atoms with Gasteiger partial charge in [0.2, 0.25) is 5.91 Å². The van der Waals surface area contributed by atoms with Gasteiger partial charge in [-0.05, 0) is 30.2 Å². The second kappa shape index (κ2) is 6.72. The van der Waals surface area contributed by atoms with Gasteiger partial charge < -0.3 is 11.1 Å². The van der Waals surface area contributed by atoms with Gasteiger partial charge in [0.15, 0.2) is 0 Å². The lowest BCUT2D eigenvalue weighted by atomic mass is 10.0. The minimum absolute atomic E-state index is 0.197. The Hall–Kier alpha value is -2.87. The van der Waals surface area contributed by atoms with E-state index in [1.54, 1.807) is 19.1 Å². The van der Waals surface area contributed by atoms with Crippen molar-refractivity contribution in [1.29, 1.82) is 5.26 Å². The molecule has 0 unspecified atom stereocenters. The molecule has 0 fully saturated rings. The largest absolute Gasteiger partial charge is 0.368 e. The van der Waals surface area contributed by atoms with Gasteiger partial charge >= 0.3 is 0 Å². The Morgan fingerprint density at radius 3 is 2.59 bits per heavy atom. The molecule has 0 radical (unpaired) electrons. The number of fused-ring (bicyclic) bond motifs is 1. The van der Waals surface area contributed by atoms with Crippen LogP contribution in [0, 0.1) is 17.2 Å². The van der Waals surface area contributed by atoms with Crippen molar-refractivity contribution in [2.24, 2.45) is 11.7 Å². The molecule has 0 spiro atoms. The molecule has 112 valence electrons. The molecule has 2 aromatic carbocycles. The topological polar surface area (TPSA) is 96.0 Å². The number of hydrogen-bond donors (Lipinski definition) is 2. The Labute approximate surface area is 128 Å². The molecular weight excluding hydrogens is 278 g/mol. The highest BCUT2D eigenvalue weighted by atomic mass is 16.2. The third-order valence-corrected chi connectivity index (χ3v) is 3.49. The second-order valence-corrected chi connectivity index (χ2v) is 5.22. The molecule has 0 heterocycles. The highest BCUT2D eigenvalue weighted by Gasteiger charge is 2.22. The zero-order valence-electron chi connectivity index (χ0n) is 12.2. The second-order valence-electron chi connectivity index (χ2n) is 5.22. The smallest absolute Gasteiger partial charge is 0.252 e. The van der Waals surface area contributed by atoms with Crippen LogP contribution in [0.4, 0.5) is 0 Å². The Kier molecular flexibility index (Phi) is 4.74. The maximum Gasteiger partial charge on any atom is 0.252 e. The number of nitrogens with zero attached hydrogens (tertiary/aromatic N) is 1. The lowest BCUT2D eigenvalue weighted by Gasteiger charge is -2.17. The van der Waals surface area contributed by atoms with Crippen LogP contribution in [0.3, 0.4) is 0 Å². The molecule has 2 amide bonds. The molecule has 2 rings (SSSR count). The van der Waals surface area contributed by atoms with Crippen LogP contribution in [0.5, 0.6) is 0 Å². The molecule has 5 nitrogen and oxygen atoms in total. The molecule has 2 aromatic rings. The van der Waals surface area contributed by atoms with Crippen LogP contribution in [0.2, 0.25) is 0 Å². The number of primary amides is 1. The van der Waals surface area contributed by atoms with E-state index < -0.39 is 11.9 Å². The summed E-state index contributed by atoms with van der Waals surface area (Å²) in [7, 11) is 0. The van der Waals surface area contributed by atoms with E-state index in [1.807, 2.05) is 36.4 Å². The molecule has 0 aliphatic rings. The summed E-state index contributed by atoms with van der Waals surface area (Å²) in [4.78, 5) is 23.9. The number of nitrogens with one attached hydrogen (secondary N) is 1. The van der Waals surface area contributed by atoms with Crippen molar-refractivity contribution in [2.45, 2.75) is 19.4 Å². The molecule has 0 saturated heterocycles. The van der Waals surface area contributed by atoms with Gasteiger partial charge in [-0.2, -0.15) is 5.26 Å². The molecule has 5 heteroatoms. The number of carbonyl (C=O) groups is 2. The Bertz CT molecular complexity index is 744. The summed E-state index contributed by atoms with van der Waals surface area (Å²) in [5.41, 5.74) is 5.80. The monoisotopic (exact) mass is 295 g/mol. The Morgan fingerprint density at radius 1 is 1.23 bits per heavy atom. The maximum absolute atomic E-state index is 12.4. The Morgan fingerprint density at radius 2 is 1.91 bits per heavy atom. The molecule has 0 bridgehead atoms. The minimum atomic E-state index is -0.860. The van der Waals surface area contributed by atoms with Crippen LogP contribution in [0.15, 0.2) is 42.5 Å². The van der Waals surface area contributed by atoms with Gasteiger partial charge in [-0.25, -0.2) is 0 Å². The fraction of sp³-hybridized carbons (Fsp3) is 0.235. The van der Waals surface area contributed by atoms with Crippen molar-refractivity contribution in [3.63, 3.8) is 0 Å². The van der Waals surface area contributed by atoms with Crippen molar-refractivity contribution >= 4 is 22.6 Å². The van der Waals surface area contributed by atoms with Crippen LogP contribution in [0.25, 0.3) is 10.8 Å². The van der Waals surface area contributed by atoms with Gasteiger partial charge in [0.1, 0.15) is 6.04 Å². The first kappa shape index (κ1) is 15.5. The van der Waals surface area contributed by atoms with Crippen molar-refractivity contribution < 1.29 is 9.59 Å². The lowest BCUT2D eigenvalue weighted by molar-refractivity contribution is -0.120. The van der Waals surface area contributed by atoms with Crippen molar-refractivity contribution in [1.82, 2.24) is 5.32 Å². The average Bonchev–Trinajstić information content (AvgIpc) is 2.53. The van der Waals surface area contributed by atoms with Crippen molar-refractivity contribution in [2.75, 3.05) is 0 Å². The summed E-state index contributed by atoms with van der Waals surface area (Å²) in [5.74, 6) is -1.38. The van der Waals surface area contributed by atoms with E-state index in [9.17, 15) is 9.59 Å². The van der Waals surface area contributed by atoms with Gasteiger partial charge in [-0.3, -0.25) is 9.59 Å². The summed E-state index contributed by atoms with van der Waals surface area (Å²) in [6, 6.07) is 14.1. The zero-order chi connectivity index (χ0) is 16.1. The number of nitrogens with two attached hydrogens (primary N) is 1. The number of rotatable bonds is 5. The fourth-order valence-electron chi connectivity index (χ4n) is 2.31. The maximum atomic E-state index is 12.4. The van der Waals surface area contributed by atoms with Crippen LogP contribution in [-0.2, 0) is 4.79 Å². The normalized spacial score (nSPS) is 13.1. The van der Waals surface area contributed by atoms with E-state index in [-0.39, 0.29) is 18.2 Å². The van der Waals surface area contributed by atoms with Gasteiger partial charge in [-0.1, -0.05) is 36.4 Å². The van der Waals surface area contributed by atoms with E-state index in [0.29, 0.717) is 5.56 Å². The van der Waals surface area contributed by atoms with Crippen LogP contribution >= 0.6 is 0 Å². The zero-order valence-corrected chi connectivity index (χ0v) is 12.2. The van der Waals surface area contributed by atoms with Gasteiger partial charge in [0.05, 0.1) is 6.07 Å². The number of hydrogen-bond acceptors (Lipinski definition) is 3. The van der Waals surface area contributed by atoms with Crippen molar-refractivity contribution in [3.8, 4) is 6.07 Å². The molecule has 2 atom stereocenters. The third kappa shape index (κ3) is 3.41. The first-order chi connectivity index (χ1) is 10.5. The number of amides is 2. The quantitative estimate of drug-likeness (QED) is 0.882. The predicted molar refractivity (Wildman–Crippen MR) is 83.8 cm³/mol. The van der Waals surface area contributed by atoms with E-state index in [4.69, 9.17) is 11.0 Å². The molecule has 3 N–H and O–H groups in total. The summed E-state index contributed by atoms with van der Waals surface area (Å²) in [6.07, 6.45) is 0.197. The molecule has 0 aliphatic heterocycles. The molecule has 22 heavy (non-hydrogen) atoms. The highest BCUT2D eigenvalue weighted by molar-refractivity contribution is 6.08. The first-order valence-corrected chi connectivity index (χ1v) is 7.00. The molecule has 0 saturated carbocycles.